The van der Waals surface area contributed by atoms with Crippen LogP contribution in [0.2, 0.25) is 0 Å². The van der Waals surface area contributed by atoms with E-state index in [1.54, 1.807) is 37.3 Å². The van der Waals surface area contributed by atoms with Crippen LogP contribution in [-0.4, -0.2) is 15.8 Å². The number of aromatic nitrogens is 1. The lowest BCUT2D eigenvalue weighted by Crippen LogP contribution is -2.12. The van der Waals surface area contributed by atoms with E-state index < -0.39 is 10.8 Å². The third-order valence-corrected chi connectivity index (χ3v) is 5.31. The van der Waals surface area contributed by atoms with E-state index in [0.717, 1.165) is 5.56 Å². The topological polar surface area (TPSA) is 98.3 Å². The van der Waals surface area contributed by atoms with E-state index >= 15 is 0 Å². The standard InChI is InChI=1S/C25H23N3O4/c1-15-5-6-17(13-21(15)28(30)31)23(29)26-19-11-12-22-20(14-19)27-24(32-22)16-7-9-18(10-8-16)25(2,3)4/h5-14H,1-4H3,(H,26,29). The first-order valence-electron chi connectivity index (χ1n) is 10.2. The zero-order valence-electron chi connectivity index (χ0n) is 18.3. The highest BCUT2D eigenvalue weighted by atomic mass is 16.6. The van der Waals surface area contributed by atoms with Gasteiger partial charge in [0.05, 0.1) is 4.92 Å². The predicted molar refractivity (Wildman–Crippen MR) is 124 cm³/mol. The molecule has 0 radical (unpaired) electrons. The van der Waals surface area contributed by atoms with Crippen molar-refractivity contribution >= 4 is 28.4 Å². The van der Waals surface area contributed by atoms with Crippen LogP contribution in [0.1, 0.15) is 42.3 Å². The predicted octanol–water partition coefficient (Wildman–Crippen LogP) is 6.26. The number of nitro benzene ring substituents is 1. The number of rotatable bonds is 4. The Kier molecular flexibility index (Phi) is 5.26. The lowest BCUT2D eigenvalue weighted by atomic mass is 9.87. The van der Waals surface area contributed by atoms with Crippen LogP contribution in [0.3, 0.4) is 0 Å². The van der Waals surface area contributed by atoms with E-state index in [1.807, 2.05) is 12.1 Å². The molecule has 0 saturated carbocycles. The number of benzene rings is 3. The summed E-state index contributed by atoms with van der Waals surface area (Å²) in [5.74, 6) is 0.0621. The molecule has 1 aromatic heterocycles. The van der Waals surface area contributed by atoms with E-state index in [9.17, 15) is 14.9 Å². The van der Waals surface area contributed by atoms with Gasteiger partial charge in [-0.2, -0.15) is 0 Å². The van der Waals surface area contributed by atoms with Crippen LogP contribution in [0, 0.1) is 17.0 Å². The summed E-state index contributed by atoms with van der Waals surface area (Å²) >= 11 is 0. The average Bonchev–Trinajstić information content (AvgIpc) is 3.16. The molecule has 1 N–H and O–H groups in total. The number of oxazole rings is 1. The molecule has 0 fully saturated rings. The van der Waals surface area contributed by atoms with Crippen molar-refractivity contribution in [2.75, 3.05) is 5.32 Å². The second kappa shape index (κ2) is 7.92. The molecule has 7 heteroatoms. The van der Waals surface area contributed by atoms with Crippen LogP contribution in [-0.2, 0) is 5.41 Å². The Balaban J connectivity index is 1.58. The maximum Gasteiger partial charge on any atom is 0.273 e. The molecule has 0 aliphatic carbocycles. The van der Waals surface area contributed by atoms with E-state index in [-0.39, 0.29) is 16.7 Å². The highest BCUT2D eigenvalue weighted by molar-refractivity contribution is 6.05. The SMILES string of the molecule is Cc1ccc(C(=O)Nc2ccc3oc(-c4ccc(C(C)(C)C)cc4)nc3c2)cc1[N+](=O)[O-]. The Hall–Kier alpha value is -4.00. The molecule has 0 atom stereocenters. The largest absolute Gasteiger partial charge is 0.436 e. The molecule has 32 heavy (non-hydrogen) atoms. The Morgan fingerprint density at radius 1 is 1.03 bits per heavy atom. The van der Waals surface area contributed by atoms with Crippen LogP contribution >= 0.6 is 0 Å². The fraction of sp³-hybridized carbons (Fsp3) is 0.200. The molecule has 0 spiro atoms. The second-order valence-corrected chi connectivity index (χ2v) is 8.74. The first kappa shape index (κ1) is 21.2. The first-order chi connectivity index (χ1) is 15.1. The minimum atomic E-state index is -0.497. The van der Waals surface area contributed by atoms with Gasteiger partial charge in [0, 0.05) is 28.4 Å². The zero-order valence-corrected chi connectivity index (χ0v) is 18.3. The first-order valence-corrected chi connectivity index (χ1v) is 10.2. The van der Waals surface area contributed by atoms with Gasteiger partial charge in [0.25, 0.3) is 11.6 Å². The molecule has 1 amide bonds. The maximum absolute atomic E-state index is 12.6. The quantitative estimate of drug-likeness (QED) is 0.305. The maximum atomic E-state index is 12.6. The molecule has 1 heterocycles. The number of hydrogen-bond donors (Lipinski definition) is 1. The van der Waals surface area contributed by atoms with E-state index in [0.29, 0.717) is 28.2 Å². The third kappa shape index (κ3) is 4.23. The van der Waals surface area contributed by atoms with Crippen LogP contribution < -0.4 is 5.32 Å². The van der Waals surface area contributed by atoms with Crippen molar-refractivity contribution in [3.63, 3.8) is 0 Å². The number of nitrogens with zero attached hydrogens (tertiary/aromatic N) is 2. The van der Waals surface area contributed by atoms with Crippen molar-refractivity contribution in [3.05, 3.63) is 87.5 Å². The van der Waals surface area contributed by atoms with E-state index in [1.165, 1.54) is 11.6 Å². The third-order valence-electron chi connectivity index (χ3n) is 5.31. The lowest BCUT2D eigenvalue weighted by Gasteiger charge is -2.18. The van der Waals surface area contributed by atoms with E-state index in [2.05, 4.69) is 43.2 Å². The molecule has 4 rings (SSSR count). The molecule has 3 aromatic carbocycles. The summed E-state index contributed by atoms with van der Waals surface area (Å²) in [7, 11) is 0. The molecule has 0 aliphatic heterocycles. The second-order valence-electron chi connectivity index (χ2n) is 8.74. The summed E-state index contributed by atoms with van der Waals surface area (Å²) in [6.45, 7) is 8.11. The van der Waals surface area contributed by atoms with Gasteiger partial charge in [-0.05, 0) is 54.3 Å². The van der Waals surface area contributed by atoms with Gasteiger partial charge < -0.3 is 9.73 Å². The van der Waals surface area contributed by atoms with Gasteiger partial charge in [-0.3, -0.25) is 14.9 Å². The van der Waals surface area contributed by atoms with Crippen molar-refractivity contribution in [2.24, 2.45) is 0 Å². The number of nitro groups is 1. The number of aryl methyl sites for hydroxylation is 1. The number of carbonyl (C=O) groups is 1. The number of carbonyl (C=O) groups excluding carboxylic acids is 1. The molecule has 4 aromatic rings. The normalized spacial score (nSPS) is 11.5. The molecule has 0 saturated heterocycles. The Morgan fingerprint density at radius 2 is 1.75 bits per heavy atom. The van der Waals surface area contributed by atoms with Crippen molar-refractivity contribution in [3.8, 4) is 11.5 Å². The Labute approximate surface area is 185 Å². The fourth-order valence-electron chi connectivity index (χ4n) is 3.39. The van der Waals surface area contributed by atoms with Crippen molar-refractivity contribution in [1.82, 2.24) is 4.98 Å². The highest BCUT2D eigenvalue weighted by Gasteiger charge is 2.17. The lowest BCUT2D eigenvalue weighted by molar-refractivity contribution is -0.385. The Bertz CT molecular complexity index is 1330. The Morgan fingerprint density at radius 3 is 2.41 bits per heavy atom. The van der Waals surface area contributed by atoms with Gasteiger partial charge in [0.2, 0.25) is 5.89 Å². The van der Waals surface area contributed by atoms with Crippen molar-refractivity contribution in [1.29, 1.82) is 0 Å². The fourth-order valence-corrected chi connectivity index (χ4v) is 3.39. The van der Waals surface area contributed by atoms with Crippen LogP contribution in [0.4, 0.5) is 11.4 Å². The summed E-state index contributed by atoms with van der Waals surface area (Å²) < 4.78 is 5.88. The molecule has 0 unspecified atom stereocenters. The van der Waals surface area contributed by atoms with Crippen molar-refractivity contribution < 1.29 is 14.1 Å². The molecular weight excluding hydrogens is 406 g/mol. The molecular formula is C25H23N3O4. The summed E-state index contributed by atoms with van der Waals surface area (Å²) in [4.78, 5) is 27.8. The highest BCUT2D eigenvalue weighted by Crippen LogP contribution is 2.29. The van der Waals surface area contributed by atoms with Crippen LogP contribution in [0.5, 0.6) is 0 Å². The minimum Gasteiger partial charge on any atom is -0.436 e. The van der Waals surface area contributed by atoms with Gasteiger partial charge in [-0.15, -0.1) is 0 Å². The van der Waals surface area contributed by atoms with Gasteiger partial charge in [0.15, 0.2) is 5.58 Å². The summed E-state index contributed by atoms with van der Waals surface area (Å²) in [5.41, 5.74) is 4.49. The van der Waals surface area contributed by atoms with Crippen molar-refractivity contribution in [2.45, 2.75) is 33.1 Å². The van der Waals surface area contributed by atoms with Gasteiger partial charge in [0.1, 0.15) is 5.52 Å². The van der Waals surface area contributed by atoms with Gasteiger partial charge >= 0.3 is 0 Å². The summed E-state index contributed by atoms with van der Waals surface area (Å²) in [5, 5.41) is 13.9. The monoisotopic (exact) mass is 429 g/mol. The molecule has 162 valence electrons. The van der Waals surface area contributed by atoms with E-state index in [4.69, 9.17) is 4.42 Å². The van der Waals surface area contributed by atoms with Gasteiger partial charge in [-0.25, -0.2) is 4.98 Å². The number of fused-ring (bicyclic) bond motifs is 1. The summed E-state index contributed by atoms with van der Waals surface area (Å²) in [6.07, 6.45) is 0. The number of hydrogen-bond acceptors (Lipinski definition) is 5. The number of anilines is 1. The van der Waals surface area contributed by atoms with Crippen LogP contribution in [0.25, 0.3) is 22.6 Å². The minimum absolute atomic E-state index is 0.0603. The van der Waals surface area contributed by atoms with Crippen LogP contribution in [0.15, 0.2) is 65.1 Å². The zero-order chi connectivity index (χ0) is 23.0. The molecule has 7 nitrogen and oxygen atoms in total. The average molecular weight is 429 g/mol. The smallest absolute Gasteiger partial charge is 0.273 e. The number of nitrogens with one attached hydrogen (secondary N) is 1. The number of amides is 1. The molecule has 0 bridgehead atoms. The summed E-state index contributed by atoms with van der Waals surface area (Å²) in [6, 6.07) is 17.7. The van der Waals surface area contributed by atoms with Gasteiger partial charge in [-0.1, -0.05) is 39.0 Å². The molecule has 0 aliphatic rings.